The molecular weight excluding hydrogens is 237 g/mol. The van der Waals surface area contributed by atoms with Crippen molar-refractivity contribution in [3.8, 4) is 6.07 Å². The number of thiazole rings is 1. The highest BCUT2D eigenvalue weighted by Crippen LogP contribution is 2.11. The second kappa shape index (κ2) is 5.53. The summed E-state index contributed by atoms with van der Waals surface area (Å²) >= 11 is 1.56. The molecule has 0 saturated carbocycles. The minimum Gasteiger partial charge on any atom is -0.308 e. The molecule has 0 amide bonds. The Hall–Kier alpha value is -1.77. The smallest absolute Gasteiger partial charge is 0.123 e. The number of halogens is 1. The van der Waals surface area contributed by atoms with E-state index in [4.69, 9.17) is 5.26 Å². The number of aromatic nitrogens is 1. The van der Waals surface area contributed by atoms with Crippen LogP contribution >= 0.6 is 11.3 Å². The van der Waals surface area contributed by atoms with Crippen LogP contribution in [0.4, 0.5) is 4.39 Å². The number of hydrogen-bond donors (Lipinski definition) is 1. The molecule has 0 fully saturated rings. The summed E-state index contributed by atoms with van der Waals surface area (Å²) in [6.07, 6.45) is 1.79. The van der Waals surface area contributed by atoms with E-state index in [1.807, 2.05) is 0 Å². The molecule has 17 heavy (non-hydrogen) atoms. The average molecular weight is 247 g/mol. The minimum atomic E-state index is -0.321. The molecule has 1 heterocycles. The first kappa shape index (κ1) is 11.7. The molecule has 2 rings (SSSR count). The SMILES string of the molecule is N#Cc1ccc(F)cc1CNCc1cncs1. The molecule has 0 aliphatic rings. The number of rotatable bonds is 4. The third-order valence-electron chi connectivity index (χ3n) is 2.29. The Morgan fingerprint density at radius 1 is 1.41 bits per heavy atom. The van der Waals surface area contributed by atoms with Crippen molar-refractivity contribution in [2.45, 2.75) is 13.1 Å². The summed E-state index contributed by atoms with van der Waals surface area (Å²) in [5.74, 6) is -0.321. The molecular formula is C12H10FN3S. The van der Waals surface area contributed by atoms with Crippen LogP contribution in [0, 0.1) is 17.1 Å². The lowest BCUT2D eigenvalue weighted by Crippen LogP contribution is -2.13. The van der Waals surface area contributed by atoms with Crippen LogP contribution in [0.5, 0.6) is 0 Å². The number of nitrogens with zero attached hydrogens (tertiary/aromatic N) is 2. The molecule has 3 nitrogen and oxygen atoms in total. The standard InChI is InChI=1S/C12H10FN3S/c13-11-2-1-9(4-14)10(3-11)5-15-6-12-7-16-8-17-12/h1-3,7-8,15H,5-6H2. The van der Waals surface area contributed by atoms with E-state index in [9.17, 15) is 4.39 Å². The van der Waals surface area contributed by atoms with Crippen LogP contribution in [0.25, 0.3) is 0 Å². The molecule has 1 N–H and O–H groups in total. The highest BCUT2D eigenvalue weighted by atomic mass is 32.1. The molecule has 0 bridgehead atoms. The zero-order chi connectivity index (χ0) is 12.1. The predicted molar refractivity (Wildman–Crippen MR) is 63.8 cm³/mol. The maximum absolute atomic E-state index is 13.0. The van der Waals surface area contributed by atoms with Gasteiger partial charge in [-0.25, -0.2) is 4.39 Å². The van der Waals surface area contributed by atoms with Crippen molar-refractivity contribution in [1.29, 1.82) is 5.26 Å². The van der Waals surface area contributed by atoms with Gasteiger partial charge in [-0.05, 0) is 23.8 Å². The van der Waals surface area contributed by atoms with E-state index >= 15 is 0 Å². The molecule has 1 aromatic carbocycles. The van der Waals surface area contributed by atoms with E-state index in [1.54, 1.807) is 23.0 Å². The van der Waals surface area contributed by atoms with E-state index in [1.165, 1.54) is 18.2 Å². The quantitative estimate of drug-likeness (QED) is 0.902. The van der Waals surface area contributed by atoms with Gasteiger partial charge in [-0.2, -0.15) is 5.26 Å². The van der Waals surface area contributed by atoms with Gasteiger partial charge in [-0.15, -0.1) is 11.3 Å². The third kappa shape index (κ3) is 3.09. The Morgan fingerprint density at radius 3 is 3.00 bits per heavy atom. The topological polar surface area (TPSA) is 48.7 Å². The Bertz CT molecular complexity index is 531. The molecule has 86 valence electrons. The molecule has 0 radical (unpaired) electrons. The fourth-order valence-electron chi connectivity index (χ4n) is 1.47. The lowest BCUT2D eigenvalue weighted by molar-refractivity contribution is 0.620. The Balaban J connectivity index is 1.99. The summed E-state index contributed by atoms with van der Waals surface area (Å²) in [4.78, 5) is 5.07. The van der Waals surface area contributed by atoms with Gasteiger partial charge in [0.1, 0.15) is 5.82 Å². The molecule has 5 heteroatoms. The number of hydrogen-bond acceptors (Lipinski definition) is 4. The lowest BCUT2D eigenvalue weighted by atomic mass is 10.1. The van der Waals surface area contributed by atoms with Crippen molar-refractivity contribution in [2.75, 3.05) is 0 Å². The molecule has 0 aliphatic heterocycles. The Labute approximate surface area is 103 Å². The van der Waals surface area contributed by atoms with Crippen molar-refractivity contribution >= 4 is 11.3 Å². The first-order chi connectivity index (χ1) is 8.29. The van der Waals surface area contributed by atoms with Crippen molar-refractivity contribution in [2.24, 2.45) is 0 Å². The van der Waals surface area contributed by atoms with Gasteiger partial charge in [-0.1, -0.05) is 0 Å². The van der Waals surface area contributed by atoms with Crippen LogP contribution in [-0.4, -0.2) is 4.98 Å². The van der Waals surface area contributed by atoms with Gasteiger partial charge in [-0.3, -0.25) is 4.98 Å². The van der Waals surface area contributed by atoms with Crippen LogP contribution in [0.2, 0.25) is 0 Å². The van der Waals surface area contributed by atoms with Gasteiger partial charge < -0.3 is 5.32 Å². The number of nitrogens with one attached hydrogen (secondary N) is 1. The zero-order valence-electron chi connectivity index (χ0n) is 8.98. The van der Waals surface area contributed by atoms with Crippen molar-refractivity contribution in [3.63, 3.8) is 0 Å². The number of nitriles is 1. The largest absolute Gasteiger partial charge is 0.308 e. The monoisotopic (exact) mass is 247 g/mol. The van der Waals surface area contributed by atoms with E-state index < -0.39 is 0 Å². The van der Waals surface area contributed by atoms with Gasteiger partial charge in [0, 0.05) is 24.2 Å². The van der Waals surface area contributed by atoms with E-state index in [0.29, 0.717) is 24.2 Å². The Kier molecular flexibility index (Phi) is 3.81. The minimum absolute atomic E-state index is 0.321. The maximum Gasteiger partial charge on any atom is 0.123 e. The normalized spacial score (nSPS) is 10.1. The van der Waals surface area contributed by atoms with Gasteiger partial charge in [0.25, 0.3) is 0 Å². The Morgan fingerprint density at radius 2 is 2.29 bits per heavy atom. The van der Waals surface area contributed by atoms with Crippen molar-refractivity contribution in [3.05, 3.63) is 51.7 Å². The first-order valence-electron chi connectivity index (χ1n) is 5.06. The van der Waals surface area contributed by atoms with Crippen LogP contribution < -0.4 is 5.32 Å². The highest BCUT2D eigenvalue weighted by Gasteiger charge is 2.03. The van der Waals surface area contributed by atoms with Crippen LogP contribution in [0.1, 0.15) is 16.0 Å². The van der Waals surface area contributed by atoms with E-state index in [2.05, 4.69) is 16.4 Å². The van der Waals surface area contributed by atoms with Gasteiger partial charge in [0.2, 0.25) is 0 Å². The summed E-state index contributed by atoms with van der Waals surface area (Å²) in [5.41, 5.74) is 2.94. The summed E-state index contributed by atoms with van der Waals surface area (Å²) in [6.45, 7) is 1.14. The molecule has 0 spiro atoms. The van der Waals surface area contributed by atoms with Crippen molar-refractivity contribution < 1.29 is 4.39 Å². The maximum atomic E-state index is 13.0. The summed E-state index contributed by atoms with van der Waals surface area (Å²) < 4.78 is 13.0. The highest BCUT2D eigenvalue weighted by molar-refractivity contribution is 7.09. The molecule has 0 atom stereocenters. The molecule has 2 aromatic rings. The fourth-order valence-corrected chi connectivity index (χ4v) is 2.03. The zero-order valence-corrected chi connectivity index (χ0v) is 9.80. The van der Waals surface area contributed by atoms with E-state index in [0.717, 1.165) is 4.88 Å². The summed E-state index contributed by atoms with van der Waals surface area (Å²) in [6, 6.07) is 6.23. The van der Waals surface area contributed by atoms with Crippen molar-refractivity contribution in [1.82, 2.24) is 10.3 Å². The fraction of sp³-hybridized carbons (Fsp3) is 0.167. The molecule has 0 aliphatic carbocycles. The first-order valence-corrected chi connectivity index (χ1v) is 5.94. The predicted octanol–water partition coefficient (Wildman–Crippen LogP) is 2.44. The van der Waals surface area contributed by atoms with Crippen LogP contribution in [0.3, 0.4) is 0 Å². The molecule has 0 saturated heterocycles. The molecule has 1 aromatic heterocycles. The summed E-state index contributed by atoms with van der Waals surface area (Å²) in [7, 11) is 0. The van der Waals surface area contributed by atoms with Crippen LogP contribution in [-0.2, 0) is 13.1 Å². The van der Waals surface area contributed by atoms with Gasteiger partial charge in [0.15, 0.2) is 0 Å². The summed E-state index contributed by atoms with van der Waals surface area (Å²) in [5, 5.41) is 12.0. The van der Waals surface area contributed by atoms with Gasteiger partial charge in [0.05, 0.1) is 17.1 Å². The second-order valence-corrected chi connectivity index (χ2v) is 4.46. The average Bonchev–Trinajstić information content (AvgIpc) is 2.82. The third-order valence-corrected chi connectivity index (χ3v) is 3.07. The van der Waals surface area contributed by atoms with E-state index in [-0.39, 0.29) is 5.82 Å². The molecule has 0 unspecified atom stereocenters. The number of benzene rings is 1. The lowest BCUT2D eigenvalue weighted by Gasteiger charge is -2.05. The second-order valence-electron chi connectivity index (χ2n) is 3.48. The van der Waals surface area contributed by atoms with Gasteiger partial charge >= 0.3 is 0 Å². The van der Waals surface area contributed by atoms with Crippen LogP contribution in [0.15, 0.2) is 29.9 Å².